The number of fused-ring (bicyclic) bond motifs is 1. The largest absolute Gasteiger partial charge is 0.307 e. The van der Waals surface area contributed by atoms with Crippen molar-refractivity contribution in [2.24, 2.45) is 0 Å². The monoisotopic (exact) mass is 448 g/mol. The quantitative estimate of drug-likeness (QED) is 0.340. The number of nitro groups is 1. The molecule has 4 rings (SSSR count). The number of hydrogen-bond acceptors (Lipinski definition) is 6. The molecule has 4 aromatic rings. The summed E-state index contributed by atoms with van der Waals surface area (Å²) in [6, 6.07) is 13.6. The highest BCUT2D eigenvalue weighted by Crippen LogP contribution is 2.27. The number of anilines is 1. The van der Waals surface area contributed by atoms with Crippen LogP contribution in [0.4, 0.5) is 10.8 Å². The number of aromatic nitrogens is 2. The van der Waals surface area contributed by atoms with Crippen LogP contribution in [0.2, 0.25) is 0 Å². The molecule has 0 aliphatic rings. The van der Waals surface area contributed by atoms with Crippen molar-refractivity contribution in [3.8, 4) is 11.3 Å². The molecule has 0 bridgehead atoms. The fourth-order valence-electron chi connectivity index (χ4n) is 3.65. The first kappa shape index (κ1) is 21.4. The number of amides is 1. The van der Waals surface area contributed by atoms with Gasteiger partial charge < -0.3 is 9.88 Å². The van der Waals surface area contributed by atoms with Gasteiger partial charge in [-0.2, -0.15) is 0 Å². The van der Waals surface area contributed by atoms with Gasteiger partial charge in [-0.25, -0.2) is 4.98 Å². The Hall–Kier alpha value is -3.85. The minimum atomic E-state index is -0.461. The van der Waals surface area contributed by atoms with Crippen LogP contribution in [0.15, 0.2) is 58.7 Å². The second-order valence-electron chi connectivity index (χ2n) is 7.43. The summed E-state index contributed by atoms with van der Waals surface area (Å²) in [6.07, 6.45) is 0.109. The molecule has 0 aliphatic carbocycles. The zero-order valence-corrected chi connectivity index (χ0v) is 18.3. The number of pyridine rings is 1. The molecule has 0 spiro atoms. The first-order valence-electron chi connectivity index (χ1n) is 9.93. The zero-order chi connectivity index (χ0) is 22.8. The van der Waals surface area contributed by atoms with Crippen LogP contribution in [0.25, 0.3) is 22.2 Å². The summed E-state index contributed by atoms with van der Waals surface area (Å²) in [5, 5.41) is 16.8. The number of carbonyl (C=O) groups is 1. The average Bonchev–Trinajstić information content (AvgIpc) is 3.22. The maximum absolute atomic E-state index is 12.6. The molecular formula is C23H20N4O4S. The van der Waals surface area contributed by atoms with E-state index in [1.54, 1.807) is 28.1 Å². The standard InChI is InChI=1S/C23H20N4O4S/c1-14-5-3-8-18-15(2)11-21(29)26(22(14)18)10-9-20(28)25-23-24-19(13-32-23)16-6-4-7-17(12-16)27(30)31/h3-8,11-13H,9-10H2,1-2H3,(H,24,25,28). The highest BCUT2D eigenvalue weighted by molar-refractivity contribution is 7.14. The van der Waals surface area contributed by atoms with Crippen molar-refractivity contribution in [1.82, 2.24) is 9.55 Å². The normalized spacial score (nSPS) is 10.9. The summed E-state index contributed by atoms with van der Waals surface area (Å²) in [6.45, 7) is 4.10. The lowest BCUT2D eigenvalue weighted by atomic mass is 10.1. The van der Waals surface area contributed by atoms with E-state index in [0.29, 0.717) is 16.4 Å². The Balaban J connectivity index is 1.49. The van der Waals surface area contributed by atoms with Gasteiger partial charge in [-0.15, -0.1) is 11.3 Å². The van der Waals surface area contributed by atoms with Crippen LogP contribution in [-0.4, -0.2) is 20.4 Å². The van der Waals surface area contributed by atoms with Crippen LogP contribution in [0, 0.1) is 24.0 Å². The fraction of sp³-hybridized carbons (Fsp3) is 0.174. The summed E-state index contributed by atoms with van der Waals surface area (Å²) >= 11 is 1.24. The van der Waals surface area contributed by atoms with Gasteiger partial charge in [0.05, 0.1) is 16.1 Å². The SMILES string of the molecule is Cc1cc(=O)n(CCC(=O)Nc2nc(-c3cccc([N+](=O)[O-])c3)cs2)c2c(C)cccc12. The van der Waals surface area contributed by atoms with Crippen molar-refractivity contribution in [2.45, 2.75) is 26.8 Å². The van der Waals surface area contributed by atoms with E-state index in [-0.39, 0.29) is 30.1 Å². The number of nitrogens with zero attached hydrogens (tertiary/aromatic N) is 3. The predicted octanol–water partition coefficient (Wildman–Crippen LogP) is 4.68. The summed E-state index contributed by atoms with van der Waals surface area (Å²) in [5.41, 5.74) is 3.71. The van der Waals surface area contributed by atoms with E-state index in [0.717, 1.165) is 22.0 Å². The number of para-hydroxylation sites is 1. The third-order valence-electron chi connectivity index (χ3n) is 5.20. The number of rotatable bonds is 6. The van der Waals surface area contributed by atoms with Crippen molar-refractivity contribution in [3.63, 3.8) is 0 Å². The zero-order valence-electron chi connectivity index (χ0n) is 17.5. The first-order chi connectivity index (χ1) is 15.3. The lowest BCUT2D eigenvalue weighted by molar-refractivity contribution is -0.384. The lowest BCUT2D eigenvalue weighted by Gasteiger charge is -2.14. The van der Waals surface area contributed by atoms with Gasteiger partial charge in [0.15, 0.2) is 5.13 Å². The molecule has 1 amide bonds. The van der Waals surface area contributed by atoms with Crippen molar-refractivity contribution in [3.05, 3.63) is 85.5 Å². The topological polar surface area (TPSA) is 107 Å². The maximum atomic E-state index is 12.6. The van der Waals surface area contributed by atoms with Crippen LogP contribution >= 0.6 is 11.3 Å². The van der Waals surface area contributed by atoms with E-state index in [2.05, 4.69) is 10.3 Å². The fourth-order valence-corrected chi connectivity index (χ4v) is 4.38. The third kappa shape index (κ3) is 4.28. The highest BCUT2D eigenvalue weighted by Gasteiger charge is 2.13. The Labute approximate surface area is 187 Å². The van der Waals surface area contributed by atoms with Gasteiger partial charge in [0.2, 0.25) is 5.91 Å². The number of carbonyl (C=O) groups excluding carboxylic acids is 1. The highest BCUT2D eigenvalue weighted by atomic mass is 32.1. The second kappa shape index (κ2) is 8.72. The first-order valence-corrected chi connectivity index (χ1v) is 10.8. The maximum Gasteiger partial charge on any atom is 0.270 e. The van der Waals surface area contributed by atoms with E-state index in [1.807, 2.05) is 32.0 Å². The number of hydrogen-bond donors (Lipinski definition) is 1. The summed E-state index contributed by atoms with van der Waals surface area (Å²) in [4.78, 5) is 40.0. The molecule has 2 heterocycles. The molecule has 0 radical (unpaired) electrons. The van der Waals surface area contributed by atoms with Crippen molar-refractivity contribution < 1.29 is 9.72 Å². The number of nitrogens with one attached hydrogen (secondary N) is 1. The third-order valence-corrected chi connectivity index (χ3v) is 5.96. The lowest BCUT2D eigenvalue weighted by Crippen LogP contribution is -2.24. The van der Waals surface area contributed by atoms with Crippen LogP contribution in [0.3, 0.4) is 0 Å². The Morgan fingerprint density at radius 1 is 1.16 bits per heavy atom. The average molecular weight is 449 g/mol. The summed E-state index contributed by atoms with van der Waals surface area (Å²) < 4.78 is 1.63. The number of aryl methyl sites for hydroxylation is 3. The molecular weight excluding hydrogens is 428 g/mol. The molecule has 162 valence electrons. The molecule has 8 nitrogen and oxygen atoms in total. The molecule has 1 N–H and O–H groups in total. The molecule has 9 heteroatoms. The van der Waals surface area contributed by atoms with Crippen molar-refractivity contribution in [1.29, 1.82) is 0 Å². The molecule has 0 aliphatic heterocycles. The summed E-state index contributed by atoms with van der Waals surface area (Å²) in [5.74, 6) is -0.265. The smallest absolute Gasteiger partial charge is 0.270 e. The molecule has 0 saturated heterocycles. The van der Waals surface area contributed by atoms with E-state index < -0.39 is 4.92 Å². The van der Waals surface area contributed by atoms with Gasteiger partial charge in [0.1, 0.15) is 0 Å². The molecule has 2 aromatic carbocycles. The molecule has 2 aromatic heterocycles. The number of thiazole rings is 1. The molecule has 0 atom stereocenters. The Kier molecular flexibility index (Phi) is 5.83. The van der Waals surface area contributed by atoms with E-state index in [9.17, 15) is 19.7 Å². The summed E-state index contributed by atoms with van der Waals surface area (Å²) in [7, 11) is 0. The van der Waals surface area contributed by atoms with Gasteiger partial charge in [0, 0.05) is 47.5 Å². The van der Waals surface area contributed by atoms with E-state index >= 15 is 0 Å². The van der Waals surface area contributed by atoms with E-state index in [1.165, 1.54) is 23.5 Å². The van der Waals surface area contributed by atoms with Crippen LogP contribution < -0.4 is 10.9 Å². The van der Waals surface area contributed by atoms with Crippen LogP contribution in [-0.2, 0) is 11.3 Å². The second-order valence-corrected chi connectivity index (χ2v) is 8.29. The Morgan fingerprint density at radius 2 is 1.94 bits per heavy atom. The minimum Gasteiger partial charge on any atom is -0.307 e. The van der Waals surface area contributed by atoms with Gasteiger partial charge in [-0.05, 0) is 25.0 Å². The number of nitro benzene ring substituents is 1. The van der Waals surface area contributed by atoms with Crippen LogP contribution in [0.5, 0.6) is 0 Å². The molecule has 0 saturated carbocycles. The number of non-ortho nitro benzene ring substituents is 1. The predicted molar refractivity (Wildman–Crippen MR) is 125 cm³/mol. The van der Waals surface area contributed by atoms with Crippen molar-refractivity contribution in [2.75, 3.05) is 5.32 Å². The van der Waals surface area contributed by atoms with Gasteiger partial charge in [-0.3, -0.25) is 19.7 Å². The molecule has 32 heavy (non-hydrogen) atoms. The van der Waals surface area contributed by atoms with Gasteiger partial charge >= 0.3 is 0 Å². The van der Waals surface area contributed by atoms with Crippen molar-refractivity contribution >= 4 is 39.0 Å². The molecule has 0 fully saturated rings. The van der Waals surface area contributed by atoms with Crippen LogP contribution in [0.1, 0.15) is 17.5 Å². The number of benzene rings is 2. The van der Waals surface area contributed by atoms with Gasteiger partial charge in [0.25, 0.3) is 11.2 Å². The Morgan fingerprint density at radius 3 is 2.72 bits per heavy atom. The van der Waals surface area contributed by atoms with Gasteiger partial charge in [-0.1, -0.05) is 30.3 Å². The Bertz CT molecular complexity index is 1410. The van der Waals surface area contributed by atoms with E-state index in [4.69, 9.17) is 0 Å². The molecule has 0 unspecified atom stereocenters. The minimum absolute atomic E-state index is 0.0212.